The third-order valence-electron chi connectivity index (χ3n) is 0.907. The van der Waals surface area contributed by atoms with Gasteiger partial charge in [0.15, 0.2) is 0 Å². The van der Waals surface area contributed by atoms with Crippen molar-refractivity contribution in [2.45, 2.75) is 24.9 Å². The van der Waals surface area contributed by atoms with Gasteiger partial charge in [0.05, 0.1) is 0 Å². The number of hydrogen-bond acceptors (Lipinski definition) is 1. The number of alkyl halides is 6. The Morgan fingerprint density at radius 1 is 1.00 bits per heavy atom. The number of hydrogen-bond donors (Lipinski definition) is 1. The molecule has 1 N–H and O–H groups in total. The molecule has 0 bridgehead atoms. The van der Waals surface area contributed by atoms with E-state index in [0.717, 1.165) is 0 Å². The lowest BCUT2D eigenvalue weighted by Crippen LogP contribution is -2.43. The molecule has 0 aromatic carbocycles. The molecule has 0 aromatic rings. The maximum absolute atomic E-state index is 11.7. The average Bonchev–Trinajstić information content (AvgIpc) is 1.85. The van der Waals surface area contributed by atoms with Crippen LogP contribution in [0.3, 0.4) is 0 Å². The van der Waals surface area contributed by atoms with Crippen LogP contribution in [-0.2, 0) is 0 Å². The molecular weight excluding hydrogens is 178 g/mol. The van der Waals surface area contributed by atoms with E-state index in [2.05, 4.69) is 0 Å². The summed E-state index contributed by atoms with van der Waals surface area (Å²) in [6.45, 7) is 0. The van der Waals surface area contributed by atoms with E-state index in [-0.39, 0.29) is 0 Å². The predicted octanol–water partition coefficient (Wildman–Crippen LogP) is 1.51. The molecule has 0 amide bonds. The van der Waals surface area contributed by atoms with Gasteiger partial charge in [0, 0.05) is 0 Å². The first-order chi connectivity index (χ1) is 4.80. The van der Waals surface area contributed by atoms with Gasteiger partial charge in [-0.15, -0.1) is 0 Å². The van der Waals surface area contributed by atoms with Crippen LogP contribution in [0.4, 0.5) is 26.3 Å². The predicted molar refractivity (Wildman–Crippen MR) is 23.0 cm³/mol. The molecule has 11 heavy (non-hydrogen) atoms. The SMILES string of the molecule is OC(F)C(F)(F)C(F)C(F)F. The van der Waals surface area contributed by atoms with E-state index in [1.165, 1.54) is 0 Å². The van der Waals surface area contributed by atoms with Crippen LogP contribution in [0, 0.1) is 0 Å². The molecule has 2 atom stereocenters. The summed E-state index contributed by atoms with van der Waals surface area (Å²) in [5.74, 6) is -5.05. The molecule has 0 fully saturated rings. The Bertz CT molecular complexity index is 124. The van der Waals surface area contributed by atoms with Gasteiger partial charge >= 0.3 is 5.92 Å². The second kappa shape index (κ2) is 3.29. The third-order valence-corrected chi connectivity index (χ3v) is 0.907. The largest absolute Gasteiger partial charge is 0.359 e. The van der Waals surface area contributed by atoms with Crippen molar-refractivity contribution < 1.29 is 31.4 Å². The normalized spacial score (nSPS) is 18.5. The molecule has 1 nitrogen and oxygen atoms in total. The van der Waals surface area contributed by atoms with E-state index >= 15 is 0 Å². The first-order valence-electron chi connectivity index (χ1n) is 2.42. The molecule has 0 aliphatic carbocycles. The Labute approximate surface area is 57.6 Å². The number of aliphatic hydroxyl groups excluding tert-OH is 1. The van der Waals surface area contributed by atoms with Gasteiger partial charge < -0.3 is 5.11 Å². The van der Waals surface area contributed by atoms with Crippen LogP contribution in [0.25, 0.3) is 0 Å². The van der Waals surface area contributed by atoms with Crippen molar-refractivity contribution in [2.75, 3.05) is 0 Å². The molecule has 7 heteroatoms. The second-order valence-electron chi connectivity index (χ2n) is 1.75. The monoisotopic (exact) mass is 182 g/mol. The summed E-state index contributed by atoms with van der Waals surface area (Å²) in [5, 5.41) is 7.51. The highest BCUT2D eigenvalue weighted by Crippen LogP contribution is 2.30. The molecule has 0 spiro atoms. The first-order valence-corrected chi connectivity index (χ1v) is 2.42. The lowest BCUT2D eigenvalue weighted by Gasteiger charge is -2.19. The highest BCUT2D eigenvalue weighted by Gasteiger charge is 2.52. The van der Waals surface area contributed by atoms with Gasteiger partial charge in [0.1, 0.15) is 0 Å². The van der Waals surface area contributed by atoms with Crippen molar-refractivity contribution in [1.82, 2.24) is 0 Å². The standard InChI is InChI=1S/C4H4F6O/c5-1(2(6)7)4(9,10)3(8)11/h1-3,11H. The minimum Gasteiger partial charge on any atom is -0.359 e. The Balaban J connectivity index is 4.29. The van der Waals surface area contributed by atoms with Gasteiger partial charge in [-0.3, -0.25) is 0 Å². The fourth-order valence-corrected chi connectivity index (χ4v) is 0.299. The van der Waals surface area contributed by atoms with Crippen molar-refractivity contribution in [3.8, 4) is 0 Å². The summed E-state index contributed by atoms with van der Waals surface area (Å²) in [5.41, 5.74) is 0. The Morgan fingerprint density at radius 3 is 1.45 bits per heavy atom. The Hall–Kier alpha value is -0.460. The van der Waals surface area contributed by atoms with E-state index in [0.29, 0.717) is 0 Å². The summed E-state index contributed by atoms with van der Waals surface area (Å²) >= 11 is 0. The molecular formula is C4H4F6O. The van der Waals surface area contributed by atoms with E-state index in [1.54, 1.807) is 0 Å². The van der Waals surface area contributed by atoms with Crippen LogP contribution in [0.1, 0.15) is 0 Å². The second-order valence-corrected chi connectivity index (χ2v) is 1.75. The fourth-order valence-electron chi connectivity index (χ4n) is 0.299. The van der Waals surface area contributed by atoms with Crippen LogP contribution in [0.2, 0.25) is 0 Å². The lowest BCUT2D eigenvalue weighted by molar-refractivity contribution is -0.224. The Morgan fingerprint density at radius 2 is 1.36 bits per heavy atom. The molecule has 0 aliphatic rings. The minimum atomic E-state index is -5.05. The maximum atomic E-state index is 11.7. The summed E-state index contributed by atoms with van der Waals surface area (Å²) in [7, 11) is 0. The fraction of sp³-hybridized carbons (Fsp3) is 1.00. The topological polar surface area (TPSA) is 20.2 Å². The molecule has 0 aromatic heterocycles. The summed E-state index contributed by atoms with van der Waals surface area (Å²) in [6, 6.07) is 0. The molecule has 0 rings (SSSR count). The zero-order valence-electron chi connectivity index (χ0n) is 4.95. The summed E-state index contributed by atoms with van der Waals surface area (Å²) in [4.78, 5) is 0. The van der Waals surface area contributed by atoms with E-state index in [9.17, 15) is 26.3 Å². The smallest absolute Gasteiger partial charge is 0.338 e. The average molecular weight is 182 g/mol. The van der Waals surface area contributed by atoms with E-state index in [1.807, 2.05) is 0 Å². The van der Waals surface area contributed by atoms with Crippen molar-refractivity contribution in [2.24, 2.45) is 0 Å². The highest BCUT2D eigenvalue weighted by molar-refractivity contribution is 4.80. The van der Waals surface area contributed by atoms with Gasteiger partial charge in [0.2, 0.25) is 6.17 Å². The van der Waals surface area contributed by atoms with Crippen LogP contribution < -0.4 is 0 Å². The quantitative estimate of drug-likeness (QED) is 0.656. The van der Waals surface area contributed by atoms with Crippen molar-refractivity contribution >= 4 is 0 Å². The zero-order valence-corrected chi connectivity index (χ0v) is 4.95. The number of rotatable bonds is 3. The van der Waals surface area contributed by atoms with Crippen molar-refractivity contribution in [3.05, 3.63) is 0 Å². The van der Waals surface area contributed by atoms with Gasteiger partial charge in [-0.05, 0) is 0 Å². The van der Waals surface area contributed by atoms with Gasteiger partial charge in [0.25, 0.3) is 12.8 Å². The summed E-state index contributed by atoms with van der Waals surface area (Å²) < 4.78 is 68.7. The van der Waals surface area contributed by atoms with Crippen LogP contribution in [0.5, 0.6) is 0 Å². The van der Waals surface area contributed by atoms with Crippen LogP contribution >= 0.6 is 0 Å². The number of halogens is 6. The molecule has 0 heterocycles. The van der Waals surface area contributed by atoms with Crippen molar-refractivity contribution in [1.29, 1.82) is 0 Å². The van der Waals surface area contributed by atoms with Crippen molar-refractivity contribution in [3.63, 3.8) is 0 Å². The zero-order chi connectivity index (χ0) is 9.23. The molecule has 0 radical (unpaired) electrons. The number of aliphatic hydroxyl groups is 1. The van der Waals surface area contributed by atoms with E-state index < -0.39 is 24.9 Å². The molecule has 2 unspecified atom stereocenters. The molecule has 0 aliphatic heterocycles. The van der Waals surface area contributed by atoms with Gasteiger partial charge in [-0.1, -0.05) is 0 Å². The van der Waals surface area contributed by atoms with Gasteiger partial charge in [-0.2, -0.15) is 8.78 Å². The summed E-state index contributed by atoms with van der Waals surface area (Å²) in [6.07, 6.45) is -11.9. The molecule has 0 saturated heterocycles. The third kappa shape index (κ3) is 2.25. The van der Waals surface area contributed by atoms with Gasteiger partial charge in [-0.25, -0.2) is 17.6 Å². The first kappa shape index (κ1) is 10.5. The van der Waals surface area contributed by atoms with Crippen LogP contribution in [-0.4, -0.2) is 30.0 Å². The minimum absolute atomic E-state index is 3.91. The molecule has 68 valence electrons. The lowest BCUT2D eigenvalue weighted by atomic mass is 10.2. The van der Waals surface area contributed by atoms with E-state index in [4.69, 9.17) is 5.11 Å². The van der Waals surface area contributed by atoms with Crippen LogP contribution in [0.15, 0.2) is 0 Å². The highest BCUT2D eigenvalue weighted by atomic mass is 19.3. The Kier molecular flexibility index (Phi) is 3.15. The maximum Gasteiger partial charge on any atom is 0.338 e. The molecule has 0 saturated carbocycles.